The van der Waals surface area contributed by atoms with Gasteiger partial charge >= 0.3 is 5.97 Å². The van der Waals surface area contributed by atoms with E-state index in [1.165, 1.54) is 37.1 Å². The summed E-state index contributed by atoms with van der Waals surface area (Å²) < 4.78 is 31.6. The average Bonchev–Trinajstić information content (AvgIpc) is 3.26. The van der Waals surface area contributed by atoms with Gasteiger partial charge in [0.25, 0.3) is 0 Å². The van der Waals surface area contributed by atoms with Gasteiger partial charge in [-0.1, -0.05) is 12.8 Å². The number of carboxylic acids is 1. The fourth-order valence-corrected chi connectivity index (χ4v) is 3.02. The van der Waals surface area contributed by atoms with Crippen molar-refractivity contribution in [2.24, 2.45) is 5.92 Å². The summed E-state index contributed by atoms with van der Waals surface area (Å²) in [6, 6.07) is 5.70. The Balaban J connectivity index is 1.84. The number of aliphatic carboxylic acids is 1. The Morgan fingerprint density at radius 1 is 1.29 bits per heavy atom. The second kappa shape index (κ2) is 6.91. The normalized spacial score (nSPS) is 14.9. The maximum atomic E-state index is 12.0. The summed E-state index contributed by atoms with van der Waals surface area (Å²) in [6.45, 7) is -0.0123. The van der Waals surface area contributed by atoms with Crippen LogP contribution in [0.25, 0.3) is 0 Å². The number of carbonyl (C=O) groups is 1. The smallest absolute Gasteiger partial charge is 0.341 e. The lowest BCUT2D eigenvalue weighted by atomic mass is 10.2. The Morgan fingerprint density at radius 3 is 2.52 bits per heavy atom. The Labute approximate surface area is 124 Å². The van der Waals surface area contributed by atoms with Crippen LogP contribution in [-0.4, -0.2) is 32.6 Å². The van der Waals surface area contributed by atoms with Crippen LogP contribution in [0.15, 0.2) is 29.2 Å². The fraction of sp³-hybridized carbons (Fsp3) is 0.500. The van der Waals surface area contributed by atoms with Crippen molar-refractivity contribution in [3.8, 4) is 5.75 Å². The van der Waals surface area contributed by atoms with Gasteiger partial charge in [-0.3, -0.25) is 0 Å². The van der Waals surface area contributed by atoms with Crippen LogP contribution in [0.2, 0.25) is 0 Å². The summed E-state index contributed by atoms with van der Waals surface area (Å²) in [4.78, 5) is 10.5. The van der Waals surface area contributed by atoms with Gasteiger partial charge in [0.15, 0.2) is 6.61 Å². The number of hydrogen-bond donors (Lipinski definition) is 2. The summed E-state index contributed by atoms with van der Waals surface area (Å²) >= 11 is 0. The maximum absolute atomic E-state index is 12.0. The molecule has 1 aliphatic rings. The molecule has 21 heavy (non-hydrogen) atoms. The largest absolute Gasteiger partial charge is 0.482 e. The second-order valence-electron chi connectivity index (χ2n) is 5.14. The van der Waals surface area contributed by atoms with Crippen LogP contribution in [0, 0.1) is 5.92 Å². The molecule has 1 aromatic carbocycles. The summed E-state index contributed by atoms with van der Waals surface area (Å²) in [5.41, 5.74) is 0. The molecule has 0 saturated heterocycles. The van der Waals surface area contributed by atoms with Gasteiger partial charge in [-0.2, -0.15) is 0 Å². The Hall–Kier alpha value is -1.60. The van der Waals surface area contributed by atoms with Crippen molar-refractivity contribution in [2.75, 3.05) is 13.2 Å². The molecule has 0 bridgehead atoms. The molecule has 0 radical (unpaired) electrons. The number of hydrogen-bond acceptors (Lipinski definition) is 4. The lowest BCUT2D eigenvalue weighted by molar-refractivity contribution is -0.139. The first kappa shape index (κ1) is 15.8. The lowest BCUT2D eigenvalue weighted by Gasteiger charge is -2.08. The summed E-state index contributed by atoms with van der Waals surface area (Å²) in [5, 5.41) is 8.49. The van der Waals surface area contributed by atoms with E-state index in [9.17, 15) is 13.2 Å². The predicted octanol–water partition coefficient (Wildman–Crippen LogP) is 1.62. The summed E-state index contributed by atoms with van der Waals surface area (Å²) in [6.07, 6.45) is 4.46. The predicted molar refractivity (Wildman–Crippen MR) is 76.7 cm³/mol. The van der Waals surface area contributed by atoms with Crippen molar-refractivity contribution in [2.45, 2.75) is 30.6 Å². The minimum absolute atomic E-state index is 0.150. The van der Waals surface area contributed by atoms with Crippen molar-refractivity contribution in [1.82, 2.24) is 4.72 Å². The van der Waals surface area contributed by atoms with Crippen molar-refractivity contribution < 1.29 is 23.1 Å². The molecule has 0 heterocycles. The summed E-state index contributed by atoms with van der Waals surface area (Å²) in [7, 11) is -3.51. The van der Waals surface area contributed by atoms with Crippen molar-refractivity contribution in [1.29, 1.82) is 0 Å². The third-order valence-corrected chi connectivity index (χ3v) is 4.75. The van der Waals surface area contributed by atoms with Crippen LogP contribution < -0.4 is 9.46 Å². The molecular formula is C14H19NO5S. The van der Waals surface area contributed by atoms with Gasteiger partial charge in [-0.25, -0.2) is 17.9 Å². The van der Waals surface area contributed by atoms with Gasteiger partial charge in [-0.15, -0.1) is 0 Å². The summed E-state index contributed by atoms with van der Waals surface area (Å²) in [5.74, 6) is 0.0364. The van der Waals surface area contributed by atoms with Crippen molar-refractivity contribution >= 4 is 16.0 Å². The molecule has 0 spiro atoms. The third-order valence-electron chi connectivity index (χ3n) is 3.27. The standard InChI is InChI=1S/C14H19NO5S/c16-14(17)10-20-12-5-7-13(8-6-12)21(18,19)15-9-1-2-11-3-4-11/h5-8,11,15H,1-4,9-10H2,(H,16,17). The highest BCUT2D eigenvalue weighted by molar-refractivity contribution is 7.89. The van der Waals surface area contributed by atoms with E-state index in [-0.39, 0.29) is 4.90 Å². The van der Waals surface area contributed by atoms with Crippen LogP contribution in [0.5, 0.6) is 5.75 Å². The molecular weight excluding hydrogens is 294 g/mol. The van der Waals surface area contributed by atoms with Crippen LogP contribution in [0.3, 0.4) is 0 Å². The van der Waals surface area contributed by atoms with E-state index in [4.69, 9.17) is 9.84 Å². The molecule has 1 fully saturated rings. The van der Waals surface area contributed by atoms with E-state index < -0.39 is 22.6 Å². The van der Waals surface area contributed by atoms with E-state index in [0.29, 0.717) is 12.3 Å². The quantitative estimate of drug-likeness (QED) is 0.676. The first-order valence-corrected chi connectivity index (χ1v) is 8.40. The molecule has 1 saturated carbocycles. The van der Waals surface area contributed by atoms with Crippen LogP contribution in [-0.2, 0) is 14.8 Å². The monoisotopic (exact) mass is 313 g/mol. The van der Waals surface area contributed by atoms with Crippen LogP contribution >= 0.6 is 0 Å². The van der Waals surface area contributed by atoms with E-state index in [1.54, 1.807) is 0 Å². The Kier molecular flexibility index (Phi) is 5.19. The minimum Gasteiger partial charge on any atom is -0.482 e. The highest BCUT2D eigenvalue weighted by Crippen LogP contribution is 2.33. The number of nitrogens with one attached hydrogen (secondary N) is 1. The molecule has 2 N–H and O–H groups in total. The van der Waals surface area contributed by atoms with Crippen LogP contribution in [0.4, 0.5) is 0 Å². The highest BCUT2D eigenvalue weighted by Gasteiger charge is 2.20. The molecule has 0 atom stereocenters. The van der Waals surface area contributed by atoms with Gasteiger partial charge in [0, 0.05) is 6.54 Å². The Morgan fingerprint density at radius 2 is 1.95 bits per heavy atom. The van der Waals surface area contributed by atoms with E-state index in [1.807, 2.05) is 0 Å². The molecule has 0 aliphatic heterocycles. The van der Waals surface area contributed by atoms with Gasteiger partial charge < -0.3 is 9.84 Å². The van der Waals surface area contributed by atoms with Gasteiger partial charge in [-0.05, 0) is 43.0 Å². The zero-order valence-corrected chi connectivity index (χ0v) is 12.4. The number of carboxylic acid groups (broad SMARTS) is 1. The third kappa shape index (κ3) is 5.35. The van der Waals surface area contributed by atoms with Crippen molar-refractivity contribution in [3.05, 3.63) is 24.3 Å². The average molecular weight is 313 g/mol. The molecule has 2 rings (SSSR count). The topological polar surface area (TPSA) is 92.7 Å². The van der Waals surface area contributed by atoms with E-state index in [0.717, 1.165) is 18.8 Å². The second-order valence-corrected chi connectivity index (χ2v) is 6.90. The Bertz CT molecular complexity index is 578. The molecule has 116 valence electrons. The minimum atomic E-state index is -3.51. The molecule has 6 nitrogen and oxygen atoms in total. The van der Waals surface area contributed by atoms with Gasteiger partial charge in [0.05, 0.1) is 4.90 Å². The first-order chi connectivity index (χ1) is 9.97. The van der Waals surface area contributed by atoms with E-state index >= 15 is 0 Å². The zero-order chi connectivity index (χ0) is 15.3. The number of benzene rings is 1. The van der Waals surface area contributed by atoms with Gasteiger partial charge in [0.1, 0.15) is 5.75 Å². The maximum Gasteiger partial charge on any atom is 0.341 e. The molecule has 0 unspecified atom stereocenters. The highest BCUT2D eigenvalue weighted by atomic mass is 32.2. The van der Waals surface area contributed by atoms with E-state index in [2.05, 4.69) is 4.72 Å². The molecule has 7 heteroatoms. The number of rotatable bonds is 9. The van der Waals surface area contributed by atoms with Crippen LogP contribution in [0.1, 0.15) is 25.7 Å². The number of sulfonamides is 1. The van der Waals surface area contributed by atoms with Crippen molar-refractivity contribution in [3.63, 3.8) is 0 Å². The molecule has 0 aromatic heterocycles. The lowest BCUT2D eigenvalue weighted by Crippen LogP contribution is -2.24. The zero-order valence-electron chi connectivity index (χ0n) is 11.6. The fourth-order valence-electron chi connectivity index (χ4n) is 1.95. The molecule has 1 aromatic rings. The molecule has 1 aliphatic carbocycles. The number of ether oxygens (including phenoxy) is 1. The van der Waals surface area contributed by atoms with Gasteiger partial charge in [0.2, 0.25) is 10.0 Å². The first-order valence-electron chi connectivity index (χ1n) is 6.92. The molecule has 0 amide bonds. The SMILES string of the molecule is O=C(O)COc1ccc(S(=O)(=O)NCCCC2CC2)cc1.